The third-order valence-corrected chi connectivity index (χ3v) is 5.95. The molecule has 162 valence electrons. The molecule has 2 aromatic rings. The van der Waals surface area contributed by atoms with E-state index in [2.05, 4.69) is 42.6 Å². The van der Waals surface area contributed by atoms with Crippen LogP contribution in [-0.4, -0.2) is 59.4 Å². The molecule has 1 aliphatic heterocycles. The fourth-order valence-corrected chi connectivity index (χ4v) is 4.11. The maximum atomic E-state index is 12.3. The molecule has 6 nitrogen and oxygen atoms in total. The van der Waals surface area contributed by atoms with Crippen molar-refractivity contribution in [1.29, 1.82) is 0 Å². The van der Waals surface area contributed by atoms with Crippen LogP contribution in [0.4, 0.5) is 0 Å². The van der Waals surface area contributed by atoms with Gasteiger partial charge >= 0.3 is 0 Å². The molecular formula is C24H35N3O3+2. The molecule has 0 bridgehead atoms. The van der Waals surface area contributed by atoms with Gasteiger partial charge in [-0.05, 0) is 42.7 Å². The number of benzene rings is 2. The predicted molar refractivity (Wildman–Crippen MR) is 117 cm³/mol. The first kappa shape index (κ1) is 22.1. The minimum Gasteiger partial charge on any atom is -0.493 e. The number of hydrogen-bond donors (Lipinski definition) is 3. The van der Waals surface area contributed by atoms with Crippen molar-refractivity contribution in [2.45, 2.75) is 19.9 Å². The molecule has 1 fully saturated rings. The summed E-state index contributed by atoms with van der Waals surface area (Å²) in [7, 11) is 3.33. The highest BCUT2D eigenvalue weighted by molar-refractivity contribution is 5.76. The van der Waals surface area contributed by atoms with E-state index in [9.17, 15) is 4.79 Å². The lowest BCUT2D eigenvalue weighted by Crippen LogP contribution is -3.28. The number of piperazine rings is 1. The predicted octanol–water partition coefficient (Wildman–Crippen LogP) is -0.345. The topological polar surface area (TPSA) is 56.4 Å². The number of nitrogens with one attached hydrogen (secondary N) is 3. The lowest BCUT2D eigenvalue weighted by Gasteiger charge is -2.29. The number of aryl methyl sites for hydroxylation is 1. The van der Waals surface area contributed by atoms with Crippen molar-refractivity contribution in [3.8, 4) is 11.5 Å². The molecule has 3 N–H and O–H groups in total. The van der Waals surface area contributed by atoms with Gasteiger partial charge in [0.15, 0.2) is 18.0 Å². The number of amides is 1. The van der Waals surface area contributed by atoms with Crippen LogP contribution in [0.15, 0.2) is 42.5 Å². The van der Waals surface area contributed by atoms with Gasteiger partial charge in [-0.2, -0.15) is 0 Å². The second-order valence-corrected chi connectivity index (χ2v) is 8.07. The minimum absolute atomic E-state index is 0.155. The summed E-state index contributed by atoms with van der Waals surface area (Å²) in [6, 6.07) is 14.5. The number of carbonyl (C=O) groups is 1. The Kier molecular flexibility index (Phi) is 8.11. The largest absolute Gasteiger partial charge is 0.493 e. The summed E-state index contributed by atoms with van der Waals surface area (Å²) in [5.74, 6) is 1.70. The number of methoxy groups -OCH3 is 2. The van der Waals surface area contributed by atoms with E-state index in [0.717, 1.165) is 50.6 Å². The Morgan fingerprint density at radius 1 is 0.967 bits per heavy atom. The molecule has 0 aromatic heterocycles. The number of hydrogen-bond acceptors (Lipinski definition) is 3. The first-order chi connectivity index (χ1) is 14.6. The number of rotatable bonds is 9. The maximum absolute atomic E-state index is 12.3. The van der Waals surface area contributed by atoms with Crippen molar-refractivity contribution in [3.05, 3.63) is 59.2 Å². The van der Waals surface area contributed by atoms with Gasteiger partial charge in [-0.1, -0.05) is 24.3 Å². The molecule has 1 saturated heterocycles. The van der Waals surface area contributed by atoms with Crippen LogP contribution in [0.5, 0.6) is 11.5 Å². The van der Waals surface area contributed by atoms with Crippen LogP contribution < -0.4 is 24.6 Å². The average Bonchev–Trinajstić information content (AvgIpc) is 2.76. The van der Waals surface area contributed by atoms with Crippen molar-refractivity contribution in [1.82, 2.24) is 5.32 Å². The van der Waals surface area contributed by atoms with Crippen LogP contribution in [0.2, 0.25) is 0 Å². The molecule has 0 unspecified atom stereocenters. The monoisotopic (exact) mass is 413 g/mol. The van der Waals surface area contributed by atoms with Crippen LogP contribution in [-0.2, 0) is 17.8 Å². The van der Waals surface area contributed by atoms with Gasteiger partial charge in [0, 0.05) is 12.1 Å². The van der Waals surface area contributed by atoms with Crippen molar-refractivity contribution in [3.63, 3.8) is 0 Å². The molecule has 1 aliphatic rings. The van der Waals surface area contributed by atoms with Crippen molar-refractivity contribution >= 4 is 5.91 Å². The van der Waals surface area contributed by atoms with E-state index >= 15 is 0 Å². The van der Waals surface area contributed by atoms with Crippen molar-refractivity contribution in [2.24, 2.45) is 0 Å². The standard InChI is InChI=1S/C24H33N3O3/c1-19-6-4-5-7-21(19)10-11-25-24(28)18-27-14-12-26(13-15-27)17-20-8-9-22(29-2)23(16-20)30-3/h4-9,16H,10-15,17-18H2,1-3H3,(H,25,28)/p+2. The molecule has 30 heavy (non-hydrogen) atoms. The van der Waals surface area contributed by atoms with E-state index in [-0.39, 0.29) is 5.91 Å². The molecule has 1 amide bonds. The lowest BCUT2D eigenvalue weighted by atomic mass is 10.1. The fraction of sp³-hybridized carbons (Fsp3) is 0.458. The average molecular weight is 414 g/mol. The summed E-state index contributed by atoms with van der Waals surface area (Å²) in [4.78, 5) is 15.2. The van der Waals surface area contributed by atoms with Crippen LogP contribution in [0, 0.1) is 6.92 Å². The first-order valence-electron chi connectivity index (χ1n) is 10.8. The van der Waals surface area contributed by atoms with Crippen LogP contribution in [0.3, 0.4) is 0 Å². The molecule has 0 saturated carbocycles. The molecule has 1 heterocycles. The Bertz CT molecular complexity index is 832. The zero-order chi connectivity index (χ0) is 21.3. The summed E-state index contributed by atoms with van der Waals surface area (Å²) < 4.78 is 10.7. The van der Waals surface area contributed by atoms with Crippen LogP contribution in [0.1, 0.15) is 16.7 Å². The highest BCUT2D eigenvalue weighted by Gasteiger charge is 2.25. The summed E-state index contributed by atoms with van der Waals surface area (Å²) in [5.41, 5.74) is 3.84. The van der Waals surface area contributed by atoms with Gasteiger partial charge in [-0.25, -0.2) is 0 Å². The molecule has 6 heteroatoms. The van der Waals surface area contributed by atoms with Gasteiger partial charge in [-0.15, -0.1) is 0 Å². The van der Waals surface area contributed by atoms with Gasteiger partial charge in [0.1, 0.15) is 32.7 Å². The number of quaternary nitrogens is 2. The van der Waals surface area contributed by atoms with E-state index in [0.29, 0.717) is 13.1 Å². The summed E-state index contributed by atoms with van der Waals surface area (Å²) in [6.45, 7) is 8.54. The van der Waals surface area contributed by atoms with Crippen molar-refractivity contribution < 1.29 is 24.1 Å². The van der Waals surface area contributed by atoms with E-state index in [1.54, 1.807) is 19.1 Å². The number of carbonyl (C=O) groups excluding carboxylic acids is 1. The lowest BCUT2D eigenvalue weighted by molar-refractivity contribution is -1.02. The quantitative estimate of drug-likeness (QED) is 0.527. The summed E-state index contributed by atoms with van der Waals surface area (Å²) in [6.07, 6.45) is 0.886. The van der Waals surface area contributed by atoms with Gasteiger partial charge < -0.3 is 24.6 Å². The van der Waals surface area contributed by atoms with Gasteiger partial charge in [0.05, 0.1) is 14.2 Å². The van der Waals surface area contributed by atoms with Crippen molar-refractivity contribution in [2.75, 3.05) is 53.5 Å². The van der Waals surface area contributed by atoms with Gasteiger partial charge in [0.2, 0.25) is 0 Å². The Labute approximate surface area is 179 Å². The fourth-order valence-electron chi connectivity index (χ4n) is 4.11. The SMILES string of the molecule is COc1ccc(C[NH+]2CC[NH+](CC(=O)NCCc3ccccc3C)CC2)cc1OC. The highest BCUT2D eigenvalue weighted by atomic mass is 16.5. The third kappa shape index (κ3) is 6.21. The number of ether oxygens (including phenoxy) is 2. The third-order valence-electron chi connectivity index (χ3n) is 5.95. The Balaban J connectivity index is 1.38. The minimum atomic E-state index is 0.155. The molecule has 0 radical (unpaired) electrons. The normalized spacial score (nSPS) is 18.6. The molecule has 3 rings (SSSR count). The van der Waals surface area contributed by atoms with Crippen LogP contribution in [0.25, 0.3) is 0 Å². The van der Waals surface area contributed by atoms with Gasteiger partial charge in [-0.3, -0.25) is 4.79 Å². The molecule has 0 atom stereocenters. The zero-order valence-electron chi connectivity index (χ0n) is 18.4. The Hall–Kier alpha value is -2.57. The Morgan fingerprint density at radius 3 is 2.37 bits per heavy atom. The Morgan fingerprint density at radius 2 is 1.67 bits per heavy atom. The van der Waals surface area contributed by atoms with Crippen LogP contribution >= 0.6 is 0 Å². The molecule has 2 aromatic carbocycles. The van der Waals surface area contributed by atoms with E-state index < -0.39 is 0 Å². The van der Waals surface area contributed by atoms with E-state index in [4.69, 9.17) is 9.47 Å². The molecule has 0 aliphatic carbocycles. The second kappa shape index (κ2) is 11.0. The molecule has 0 spiro atoms. The van der Waals surface area contributed by atoms with E-state index in [1.807, 2.05) is 12.1 Å². The summed E-state index contributed by atoms with van der Waals surface area (Å²) >= 11 is 0. The zero-order valence-corrected chi connectivity index (χ0v) is 18.4. The highest BCUT2D eigenvalue weighted by Crippen LogP contribution is 2.27. The smallest absolute Gasteiger partial charge is 0.275 e. The molecular weight excluding hydrogens is 378 g/mol. The van der Waals surface area contributed by atoms with E-state index in [1.165, 1.54) is 21.6 Å². The maximum Gasteiger partial charge on any atom is 0.275 e. The first-order valence-corrected chi connectivity index (χ1v) is 10.8. The second-order valence-electron chi connectivity index (χ2n) is 8.07. The summed E-state index contributed by atoms with van der Waals surface area (Å²) in [5, 5.41) is 3.09. The van der Waals surface area contributed by atoms with Gasteiger partial charge in [0.25, 0.3) is 5.91 Å².